The number of nitrogens with one attached hydrogen (secondary N) is 2. The lowest BCUT2D eigenvalue weighted by Gasteiger charge is -2.24. The van der Waals surface area contributed by atoms with Crippen molar-refractivity contribution >= 4 is 22.7 Å². The number of amides is 2. The van der Waals surface area contributed by atoms with E-state index in [4.69, 9.17) is 5.73 Å². The number of nitrogens with two attached hydrogens (primary N) is 1. The van der Waals surface area contributed by atoms with Crippen LogP contribution >= 0.6 is 0 Å². The maximum atomic E-state index is 12.1. The molecular formula is C14H17N3O2. The summed E-state index contributed by atoms with van der Waals surface area (Å²) < 4.78 is 0. The summed E-state index contributed by atoms with van der Waals surface area (Å²) in [6.45, 7) is 3.54. The van der Waals surface area contributed by atoms with Gasteiger partial charge in [0.15, 0.2) is 0 Å². The van der Waals surface area contributed by atoms with Gasteiger partial charge in [-0.2, -0.15) is 0 Å². The van der Waals surface area contributed by atoms with Crippen molar-refractivity contribution in [3.8, 4) is 0 Å². The number of carbonyl (C=O) groups excluding carboxylic acids is 2. The molecule has 0 aliphatic carbocycles. The highest BCUT2D eigenvalue weighted by molar-refractivity contribution is 5.98. The van der Waals surface area contributed by atoms with Gasteiger partial charge < -0.3 is 16.0 Å². The van der Waals surface area contributed by atoms with E-state index in [1.807, 2.05) is 24.4 Å². The first-order chi connectivity index (χ1) is 8.87. The Balaban J connectivity index is 2.17. The van der Waals surface area contributed by atoms with E-state index in [1.165, 1.54) is 0 Å². The second kappa shape index (κ2) is 4.76. The van der Waals surface area contributed by atoms with Gasteiger partial charge in [-0.05, 0) is 38.1 Å². The van der Waals surface area contributed by atoms with E-state index >= 15 is 0 Å². The number of aromatic amines is 1. The fraction of sp³-hybridized carbons (Fsp3) is 0.286. The molecule has 0 bridgehead atoms. The van der Waals surface area contributed by atoms with Gasteiger partial charge in [0.25, 0.3) is 5.91 Å². The summed E-state index contributed by atoms with van der Waals surface area (Å²) in [6.07, 6.45) is 1.93. The third-order valence-electron chi connectivity index (χ3n) is 2.88. The number of carbonyl (C=O) groups is 2. The number of rotatable bonds is 4. The lowest BCUT2D eigenvalue weighted by Crippen LogP contribution is -2.46. The summed E-state index contributed by atoms with van der Waals surface area (Å²) in [6, 6.07) is 7.31. The Labute approximate surface area is 111 Å². The van der Waals surface area contributed by atoms with Crippen LogP contribution in [-0.4, -0.2) is 22.3 Å². The van der Waals surface area contributed by atoms with Gasteiger partial charge in [0.05, 0.1) is 0 Å². The highest BCUT2D eigenvalue weighted by Gasteiger charge is 2.23. The van der Waals surface area contributed by atoms with Crippen LogP contribution in [0.15, 0.2) is 30.5 Å². The first kappa shape index (κ1) is 13.1. The average molecular weight is 259 g/mol. The van der Waals surface area contributed by atoms with E-state index in [-0.39, 0.29) is 12.3 Å². The van der Waals surface area contributed by atoms with Crippen LogP contribution in [-0.2, 0) is 4.79 Å². The molecule has 19 heavy (non-hydrogen) atoms. The van der Waals surface area contributed by atoms with Crippen molar-refractivity contribution in [1.29, 1.82) is 0 Å². The molecule has 0 spiro atoms. The standard InChI is InChI=1S/C14H17N3O2/c1-14(2,8-12(15)18)17-13(19)10-3-4-11-9(7-10)5-6-16-11/h3-7,16H,8H2,1-2H3,(H2,15,18)(H,17,19). The zero-order valence-corrected chi connectivity index (χ0v) is 11.0. The van der Waals surface area contributed by atoms with Crippen LogP contribution < -0.4 is 11.1 Å². The molecule has 1 aromatic carbocycles. The molecule has 5 heteroatoms. The molecule has 2 amide bonds. The summed E-state index contributed by atoms with van der Waals surface area (Å²) in [5, 5.41) is 3.78. The lowest BCUT2D eigenvalue weighted by atomic mass is 9.99. The number of benzene rings is 1. The molecule has 0 aliphatic heterocycles. The Morgan fingerprint density at radius 1 is 1.32 bits per heavy atom. The second-order valence-electron chi connectivity index (χ2n) is 5.26. The van der Waals surface area contributed by atoms with Crippen molar-refractivity contribution in [2.45, 2.75) is 25.8 Å². The molecule has 1 aromatic heterocycles. The minimum Gasteiger partial charge on any atom is -0.370 e. The first-order valence-corrected chi connectivity index (χ1v) is 6.05. The number of hydrogen-bond acceptors (Lipinski definition) is 2. The molecule has 0 aliphatic rings. The lowest BCUT2D eigenvalue weighted by molar-refractivity contribution is -0.119. The van der Waals surface area contributed by atoms with Crippen LogP contribution in [0.25, 0.3) is 10.9 Å². The van der Waals surface area contributed by atoms with Gasteiger partial charge in [0, 0.05) is 34.6 Å². The monoisotopic (exact) mass is 259 g/mol. The van der Waals surface area contributed by atoms with Gasteiger partial charge in [-0.1, -0.05) is 0 Å². The van der Waals surface area contributed by atoms with Gasteiger partial charge in [0.1, 0.15) is 0 Å². The molecule has 0 saturated carbocycles. The Morgan fingerprint density at radius 3 is 2.74 bits per heavy atom. The highest BCUT2D eigenvalue weighted by atomic mass is 16.2. The summed E-state index contributed by atoms with van der Waals surface area (Å²) in [7, 11) is 0. The number of aromatic nitrogens is 1. The van der Waals surface area contributed by atoms with E-state index in [1.54, 1.807) is 19.9 Å². The molecule has 0 saturated heterocycles. The van der Waals surface area contributed by atoms with Crippen molar-refractivity contribution in [1.82, 2.24) is 10.3 Å². The Kier molecular flexibility index (Phi) is 3.29. The minimum absolute atomic E-state index is 0.102. The predicted octanol–water partition coefficient (Wildman–Crippen LogP) is 1.55. The Morgan fingerprint density at radius 2 is 2.05 bits per heavy atom. The summed E-state index contributed by atoms with van der Waals surface area (Å²) in [5.74, 6) is -0.652. The molecule has 1 heterocycles. The second-order valence-corrected chi connectivity index (χ2v) is 5.26. The number of fused-ring (bicyclic) bond motifs is 1. The molecular weight excluding hydrogens is 242 g/mol. The maximum absolute atomic E-state index is 12.1. The topological polar surface area (TPSA) is 88.0 Å². The van der Waals surface area contributed by atoms with Gasteiger partial charge in [0.2, 0.25) is 5.91 Å². The smallest absolute Gasteiger partial charge is 0.251 e. The number of primary amides is 1. The van der Waals surface area contributed by atoms with Crippen LogP contribution in [0.4, 0.5) is 0 Å². The van der Waals surface area contributed by atoms with Crippen LogP contribution in [0.3, 0.4) is 0 Å². The highest BCUT2D eigenvalue weighted by Crippen LogP contribution is 2.15. The largest absolute Gasteiger partial charge is 0.370 e. The van der Waals surface area contributed by atoms with Gasteiger partial charge in [-0.15, -0.1) is 0 Å². The van der Waals surface area contributed by atoms with Gasteiger partial charge in [-0.25, -0.2) is 0 Å². The predicted molar refractivity (Wildman–Crippen MR) is 73.7 cm³/mol. The van der Waals surface area contributed by atoms with Gasteiger partial charge in [-0.3, -0.25) is 9.59 Å². The normalized spacial score (nSPS) is 11.5. The van der Waals surface area contributed by atoms with E-state index < -0.39 is 11.4 Å². The maximum Gasteiger partial charge on any atom is 0.251 e. The van der Waals surface area contributed by atoms with Crippen molar-refractivity contribution in [3.63, 3.8) is 0 Å². The van der Waals surface area contributed by atoms with Crippen LogP contribution in [0, 0.1) is 0 Å². The minimum atomic E-state index is -0.657. The van der Waals surface area contributed by atoms with Crippen molar-refractivity contribution in [2.75, 3.05) is 0 Å². The molecule has 100 valence electrons. The zero-order valence-electron chi connectivity index (χ0n) is 11.0. The Hall–Kier alpha value is -2.30. The van der Waals surface area contributed by atoms with E-state index in [2.05, 4.69) is 10.3 Å². The fourth-order valence-corrected chi connectivity index (χ4v) is 2.05. The molecule has 0 fully saturated rings. The first-order valence-electron chi connectivity index (χ1n) is 6.05. The molecule has 5 nitrogen and oxygen atoms in total. The van der Waals surface area contributed by atoms with E-state index in [0.29, 0.717) is 5.56 Å². The average Bonchev–Trinajstić information content (AvgIpc) is 2.72. The SMILES string of the molecule is CC(C)(CC(N)=O)NC(=O)c1ccc2[nH]ccc2c1. The molecule has 0 atom stereocenters. The third-order valence-corrected chi connectivity index (χ3v) is 2.88. The molecule has 0 unspecified atom stereocenters. The number of H-pyrrole nitrogens is 1. The third kappa shape index (κ3) is 3.13. The summed E-state index contributed by atoms with van der Waals surface area (Å²) >= 11 is 0. The molecule has 2 rings (SSSR count). The van der Waals surface area contributed by atoms with Crippen molar-refractivity contribution in [2.24, 2.45) is 5.73 Å². The van der Waals surface area contributed by atoms with E-state index in [9.17, 15) is 9.59 Å². The van der Waals surface area contributed by atoms with Crippen LogP contribution in [0.2, 0.25) is 0 Å². The van der Waals surface area contributed by atoms with Crippen molar-refractivity contribution in [3.05, 3.63) is 36.0 Å². The molecule has 4 N–H and O–H groups in total. The van der Waals surface area contributed by atoms with Crippen LogP contribution in [0.1, 0.15) is 30.6 Å². The quantitative estimate of drug-likeness (QED) is 0.777. The zero-order chi connectivity index (χ0) is 14.0. The van der Waals surface area contributed by atoms with Crippen LogP contribution in [0.5, 0.6) is 0 Å². The summed E-state index contributed by atoms with van der Waals surface area (Å²) in [4.78, 5) is 26.1. The van der Waals surface area contributed by atoms with Crippen molar-refractivity contribution < 1.29 is 9.59 Å². The molecule has 0 radical (unpaired) electrons. The molecule has 2 aromatic rings. The fourth-order valence-electron chi connectivity index (χ4n) is 2.05. The summed E-state index contributed by atoms with van der Waals surface area (Å²) in [5.41, 5.74) is 6.04. The number of hydrogen-bond donors (Lipinski definition) is 3. The van der Waals surface area contributed by atoms with E-state index in [0.717, 1.165) is 10.9 Å². The van der Waals surface area contributed by atoms with Gasteiger partial charge >= 0.3 is 0 Å². The Bertz CT molecular complexity index is 628.